The van der Waals surface area contributed by atoms with Gasteiger partial charge in [0, 0.05) is 0 Å². The zero-order chi connectivity index (χ0) is 18.2. The molecule has 2 aliphatic carbocycles. The predicted octanol–water partition coefficient (Wildman–Crippen LogP) is 8.52. The van der Waals surface area contributed by atoms with Crippen LogP contribution in [0.3, 0.4) is 0 Å². The van der Waals surface area contributed by atoms with Crippen molar-refractivity contribution in [1.29, 1.82) is 0 Å². The Hall–Kier alpha value is -1.04. The molecule has 0 saturated heterocycles. The lowest BCUT2D eigenvalue weighted by atomic mass is 9.77. The Kier molecular flexibility index (Phi) is 7.84. The van der Waals surface area contributed by atoms with Crippen molar-refractivity contribution in [2.75, 3.05) is 0 Å². The first kappa shape index (κ1) is 19.7. The molecular formula is C26H40. The minimum absolute atomic E-state index is 0.819. The second-order valence-electron chi connectivity index (χ2n) is 8.97. The van der Waals surface area contributed by atoms with E-state index in [0.717, 1.165) is 17.8 Å². The molecule has 0 spiro atoms. The molecule has 1 aromatic rings. The third-order valence-corrected chi connectivity index (χ3v) is 7.16. The van der Waals surface area contributed by atoms with Crippen LogP contribution in [0.15, 0.2) is 30.3 Å². The van der Waals surface area contributed by atoms with Gasteiger partial charge in [0.1, 0.15) is 0 Å². The van der Waals surface area contributed by atoms with Crippen molar-refractivity contribution in [3.8, 4) is 0 Å². The molecule has 1 atom stereocenters. The summed E-state index contributed by atoms with van der Waals surface area (Å²) in [6.45, 7) is 4.66. The van der Waals surface area contributed by atoms with Gasteiger partial charge in [0.05, 0.1) is 0 Å². The lowest BCUT2D eigenvalue weighted by molar-refractivity contribution is 0.319. The maximum absolute atomic E-state index is 2.55. The van der Waals surface area contributed by atoms with Gasteiger partial charge < -0.3 is 0 Å². The summed E-state index contributed by atoms with van der Waals surface area (Å²) in [5, 5.41) is 0. The van der Waals surface area contributed by atoms with Crippen LogP contribution in [0.5, 0.6) is 0 Å². The van der Waals surface area contributed by atoms with Crippen LogP contribution in [0.2, 0.25) is 0 Å². The molecule has 0 amide bonds. The normalized spacial score (nSPS) is 26.5. The minimum atomic E-state index is 0.819. The lowest BCUT2D eigenvalue weighted by Gasteiger charge is -2.28. The van der Waals surface area contributed by atoms with Crippen LogP contribution in [0.1, 0.15) is 114 Å². The van der Waals surface area contributed by atoms with E-state index in [4.69, 9.17) is 0 Å². The van der Waals surface area contributed by atoms with Gasteiger partial charge in [-0.1, -0.05) is 82.7 Å². The Morgan fingerprint density at radius 2 is 1.58 bits per heavy atom. The second kappa shape index (κ2) is 10.3. The van der Waals surface area contributed by atoms with E-state index >= 15 is 0 Å². The molecule has 0 aromatic heterocycles. The Labute approximate surface area is 162 Å². The van der Waals surface area contributed by atoms with Crippen molar-refractivity contribution in [3.63, 3.8) is 0 Å². The van der Waals surface area contributed by atoms with Gasteiger partial charge in [0.15, 0.2) is 0 Å². The first-order chi connectivity index (χ1) is 12.8. The molecular weight excluding hydrogens is 312 g/mol. The molecule has 0 radical (unpaired) electrons. The zero-order valence-corrected chi connectivity index (χ0v) is 17.3. The van der Waals surface area contributed by atoms with Crippen molar-refractivity contribution < 1.29 is 0 Å². The second-order valence-corrected chi connectivity index (χ2v) is 8.97. The highest BCUT2D eigenvalue weighted by molar-refractivity contribution is 5.66. The Morgan fingerprint density at radius 1 is 0.808 bits per heavy atom. The van der Waals surface area contributed by atoms with Crippen LogP contribution in [-0.2, 0) is 0 Å². The van der Waals surface area contributed by atoms with Crippen molar-refractivity contribution in [1.82, 2.24) is 0 Å². The van der Waals surface area contributed by atoms with Gasteiger partial charge in [-0.2, -0.15) is 0 Å². The maximum atomic E-state index is 2.55. The third-order valence-electron chi connectivity index (χ3n) is 7.16. The summed E-state index contributed by atoms with van der Waals surface area (Å²) in [6, 6.07) is 9.69. The van der Waals surface area contributed by atoms with Crippen molar-refractivity contribution in [2.45, 2.75) is 103 Å². The zero-order valence-electron chi connectivity index (χ0n) is 17.3. The van der Waals surface area contributed by atoms with Crippen LogP contribution < -0.4 is 0 Å². The lowest BCUT2D eigenvalue weighted by Crippen LogP contribution is -2.12. The van der Waals surface area contributed by atoms with E-state index < -0.39 is 0 Å². The summed E-state index contributed by atoms with van der Waals surface area (Å²) in [6.07, 6.45) is 20.7. The molecule has 0 nitrogen and oxygen atoms in total. The van der Waals surface area contributed by atoms with Crippen molar-refractivity contribution >= 4 is 5.57 Å². The highest BCUT2D eigenvalue weighted by Gasteiger charge is 2.21. The first-order valence-corrected chi connectivity index (χ1v) is 11.6. The summed E-state index contributed by atoms with van der Waals surface area (Å²) in [5.41, 5.74) is 4.69. The van der Waals surface area contributed by atoms with Crippen molar-refractivity contribution in [2.24, 2.45) is 11.8 Å². The molecule has 2 aliphatic rings. The third kappa shape index (κ3) is 5.48. The van der Waals surface area contributed by atoms with E-state index in [1.54, 1.807) is 11.1 Å². The highest BCUT2D eigenvalue weighted by atomic mass is 14.3. The highest BCUT2D eigenvalue weighted by Crippen LogP contribution is 2.38. The fourth-order valence-corrected chi connectivity index (χ4v) is 5.15. The number of hydrogen-bond donors (Lipinski definition) is 0. The van der Waals surface area contributed by atoms with Crippen LogP contribution in [0.25, 0.3) is 5.57 Å². The SMILES string of the molecule is CCCCCCC1CC=C(c2ccc([C@H]3CC[C@H](CC)CC3)cc2)CC1. The quantitative estimate of drug-likeness (QED) is 0.411. The molecule has 144 valence electrons. The molecule has 1 aromatic carbocycles. The summed E-state index contributed by atoms with van der Waals surface area (Å²) in [4.78, 5) is 0. The molecule has 1 fully saturated rings. The van der Waals surface area contributed by atoms with E-state index in [0.29, 0.717) is 0 Å². The summed E-state index contributed by atoms with van der Waals surface area (Å²) in [7, 11) is 0. The largest absolute Gasteiger partial charge is 0.0804 e. The molecule has 0 heterocycles. The first-order valence-electron chi connectivity index (χ1n) is 11.6. The van der Waals surface area contributed by atoms with E-state index in [1.165, 1.54) is 89.0 Å². The molecule has 1 unspecified atom stereocenters. The molecule has 1 saturated carbocycles. The van der Waals surface area contributed by atoms with E-state index in [9.17, 15) is 0 Å². The van der Waals surface area contributed by atoms with E-state index in [-0.39, 0.29) is 0 Å². The smallest absolute Gasteiger partial charge is 0.0162 e. The Bertz CT molecular complexity index is 542. The van der Waals surface area contributed by atoms with Crippen LogP contribution >= 0.6 is 0 Å². The van der Waals surface area contributed by atoms with Gasteiger partial charge in [-0.25, -0.2) is 0 Å². The Balaban J connectivity index is 1.49. The van der Waals surface area contributed by atoms with Crippen LogP contribution in [-0.4, -0.2) is 0 Å². The van der Waals surface area contributed by atoms with Crippen molar-refractivity contribution in [3.05, 3.63) is 41.5 Å². The van der Waals surface area contributed by atoms with Gasteiger partial charge in [-0.15, -0.1) is 0 Å². The fourth-order valence-electron chi connectivity index (χ4n) is 5.15. The molecule has 26 heavy (non-hydrogen) atoms. The van der Waals surface area contributed by atoms with E-state index in [1.807, 2.05) is 0 Å². The summed E-state index contributed by atoms with van der Waals surface area (Å²) < 4.78 is 0. The molecule has 3 rings (SSSR count). The van der Waals surface area contributed by atoms with Gasteiger partial charge in [-0.05, 0) is 79.4 Å². The number of allylic oxidation sites excluding steroid dienone is 2. The van der Waals surface area contributed by atoms with Crippen LogP contribution in [0, 0.1) is 11.8 Å². The average Bonchev–Trinajstić information content (AvgIpc) is 2.72. The summed E-state index contributed by atoms with van der Waals surface area (Å²) in [5.74, 6) is 2.76. The number of hydrogen-bond acceptors (Lipinski definition) is 0. The summed E-state index contributed by atoms with van der Waals surface area (Å²) >= 11 is 0. The van der Waals surface area contributed by atoms with Gasteiger partial charge in [0.25, 0.3) is 0 Å². The van der Waals surface area contributed by atoms with Gasteiger partial charge >= 0.3 is 0 Å². The van der Waals surface area contributed by atoms with Gasteiger partial charge in [-0.3, -0.25) is 0 Å². The minimum Gasteiger partial charge on any atom is -0.0804 e. The number of rotatable bonds is 8. The maximum Gasteiger partial charge on any atom is -0.0162 e. The Morgan fingerprint density at radius 3 is 2.19 bits per heavy atom. The van der Waals surface area contributed by atoms with Gasteiger partial charge in [0.2, 0.25) is 0 Å². The fraction of sp³-hybridized carbons (Fsp3) is 0.692. The number of benzene rings is 1. The number of unbranched alkanes of at least 4 members (excludes halogenated alkanes) is 3. The topological polar surface area (TPSA) is 0 Å². The average molecular weight is 353 g/mol. The van der Waals surface area contributed by atoms with Crippen LogP contribution in [0.4, 0.5) is 0 Å². The van der Waals surface area contributed by atoms with E-state index in [2.05, 4.69) is 44.2 Å². The predicted molar refractivity (Wildman–Crippen MR) is 116 cm³/mol. The molecule has 0 bridgehead atoms. The molecule has 0 aliphatic heterocycles. The standard InChI is InChI=1S/C26H40/c1-3-5-6-7-8-22-11-15-24(16-12-22)26-19-17-25(18-20-26)23-13-9-21(4-2)10-14-23/h15,17-23H,3-14,16H2,1-2H3/t21-,22?,23-. The molecule has 0 N–H and O–H groups in total. The molecule has 0 heteroatoms. The monoisotopic (exact) mass is 352 g/mol.